The molecule has 0 aliphatic heterocycles. The van der Waals surface area contributed by atoms with Crippen LogP contribution in [-0.4, -0.2) is 42.4 Å². The number of nitrogens with zero attached hydrogens (tertiary/aromatic N) is 1. The molecule has 0 unspecified atom stereocenters. The van der Waals surface area contributed by atoms with Gasteiger partial charge < -0.3 is 15.0 Å². The number of esters is 1. The van der Waals surface area contributed by atoms with Gasteiger partial charge in [-0.15, -0.1) is 11.3 Å². The number of fused-ring (bicyclic) bond motifs is 2. The van der Waals surface area contributed by atoms with Crippen molar-refractivity contribution >= 4 is 34.1 Å². The van der Waals surface area contributed by atoms with Crippen molar-refractivity contribution in [3.8, 4) is 0 Å². The van der Waals surface area contributed by atoms with E-state index in [9.17, 15) is 14.4 Å². The second-order valence-electron chi connectivity index (χ2n) is 7.73. The van der Waals surface area contributed by atoms with E-state index in [1.807, 2.05) is 13.8 Å². The van der Waals surface area contributed by atoms with Crippen LogP contribution in [0.15, 0.2) is 0 Å². The number of carbonyl (C=O) groups excluding carboxylic acids is 3. The highest BCUT2D eigenvalue weighted by Crippen LogP contribution is 2.49. The van der Waals surface area contributed by atoms with Crippen LogP contribution in [0.5, 0.6) is 0 Å². The third-order valence-electron chi connectivity index (χ3n) is 6.18. The first-order valence-corrected chi connectivity index (χ1v) is 11.1. The molecular formula is C21H30N2O4S. The fourth-order valence-corrected chi connectivity index (χ4v) is 5.85. The van der Waals surface area contributed by atoms with Crippen molar-refractivity contribution in [3.05, 3.63) is 16.0 Å². The number of hydrogen-bond donors (Lipinski definition) is 1. The van der Waals surface area contributed by atoms with Crippen molar-refractivity contribution in [2.45, 2.75) is 53.4 Å². The molecule has 7 heteroatoms. The van der Waals surface area contributed by atoms with Gasteiger partial charge in [0.1, 0.15) is 5.00 Å². The molecule has 2 amide bonds. The minimum atomic E-state index is -0.488. The van der Waals surface area contributed by atoms with Crippen molar-refractivity contribution in [2.75, 3.05) is 25.0 Å². The Labute approximate surface area is 170 Å². The van der Waals surface area contributed by atoms with Gasteiger partial charge in [-0.3, -0.25) is 9.59 Å². The van der Waals surface area contributed by atoms with E-state index in [0.29, 0.717) is 45.9 Å². The van der Waals surface area contributed by atoms with Crippen LogP contribution < -0.4 is 5.32 Å². The Morgan fingerprint density at radius 2 is 1.86 bits per heavy atom. The van der Waals surface area contributed by atoms with Crippen LogP contribution in [0.2, 0.25) is 0 Å². The summed E-state index contributed by atoms with van der Waals surface area (Å²) in [6.45, 7) is 8.78. The second-order valence-corrected chi connectivity index (χ2v) is 8.75. The summed E-state index contributed by atoms with van der Waals surface area (Å²) >= 11 is 1.19. The molecule has 6 nitrogen and oxygen atoms in total. The third kappa shape index (κ3) is 3.81. The van der Waals surface area contributed by atoms with Gasteiger partial charge in [0.15, 0.2) is 0 Å². The van der Waals surface area contributed by atoms with Crippen molar-refractivity contribution in [1.29, 1.82) is 0 Å². The van der Waals surface area contributed by atoms with E-state index in [1.54, 1.807) is 18.7 Å². The molecule has 3 rings (SSSR count). The maximum Gasteiger partial charge on any atom is 0.341 e. The largest absolute Gasteiger partial charge is 0.462 e. The van der Waals surface area contributed by atoms with Gasteiger partial charge >= 0.3 is 5.97 Å². The summed E-state index contributed by atoms with van der Waals surface area (Å²) < 4.78 is 5.20. The number of nitrogens with one attached hydrogen (secondary N) is 1. The lowest BCUT2D eigenvalue weighted by Gasteiger charge is -2.20. The molecular weight excluding hydrogens is 376 g/mol. The lowest BCUT2D eigenvalue weighted by Crippen LogP contribution is -2.30. The Morgan fingerprint density at radius 3 is 2.39 bits per heavy atom. The molecule has 0 aromatic carbocycles. The van der Waals surface area contributed by atoms with E-state index < -0.39 is 5.97 Å². The first kappa shape index (κ1) is 20.8. The number of ether oxygens (including phenoxy) is 1. The molecule has 1 heterocycles. The molecule has 0 saturated heterocycles. The second kappa shape index (κ2) is 8.64. The molecule has 2 saturated carbocycles. The highest BCUT2D eigenvalue weighted by molar-refractivity contribution is 7.18. The van der Waals surface area contributed by atoms with Gasteiger partial charge in [-0.25, -0.2) is 4.79 Å². The first-order valence-electron chi connectivity index (χ1n) is 10.3. The fourth-order valence-electron chi connectivity index (χ4n) is 4.68. The maximum absolute atomic E-state index is 12.9. The van der Waals surface area contributed by atoms with E-state index in [0.717, 1.165) is 19.3 Å². The lowest BCUT2D eigenvalue weighted by molar-refractivity contribution is -0.121. The molecule has 2 fully saturated rings. The molecule has 1 N–H and O–H groups in total. The predicted octanol–water partition coefficient (Wildman–Crippen LogP) is 4.09. The Kier molecular flexibility index (Phi) is 6.43. The van der Waals surface area contributed by atoms with Gasteiger partial charge in [0.2, 0.25) is 5.91 Å². The van der Waals surface area contributed by atoms with Crippen LogP contribution in [0, 0.1) is 24.7 Å². The quantitative estimate of drug-likeness (QED) is 0.692. The molecule has 0 radical (unpaired) electrons. The average molecular weight is 407 g/mol. The van der Waals surface area contributed by atoms with E-state index in [-0.39, 0.29) is 24.3 Å². The van der Waals surface area contributed by atoms with Gasteiger partial charge in [-0.1, -0.05) is 6.42 Å². The van der Waals surface area contributed by atoms with E-state index in [2.05, 4.69) is 5.32 Å². The van der Waals surface area contributed by atoms with Crippen LogP contribution in [0.25, 0.3) is 0 Å². The van der Waals surface area contributed by atoms with Gasteiger partial charge in [-0.2, -0.15) is 0 Å². The fraction of sp³-hybridized carbons (Fsp3) is 0.667. The standard InChI is InChI=1S/C21H30N2O4S/c1-5-23(6-2)20(25)17-12(4)16(21(26)27-7-3)19(28-17)22-18(24)15-11-13-8-9-14(15)10-13/h13-15H,5-11H2,1-4H3,(H,22,24)/t13-,14+,15-/m0/s1. The van der Waals surface area contributed by atoms with Crippen LogP contribution in [0.3, 0.4) is 0 Å². The molecule has 1 aromatic heterocycles. The number of amides is 2. The van der Waals surface area contributed by atoms with Gasteiger partial charge in [0.25, 0.3) is 5.91 Å². The molecule has 154 valence electrons. The number of hydrogen-bond acceptors (Lipinski definition) is 5. The third-order valence-corrected chi connectivity index (χ3v) is 7.38. The lowest BCUT2D eigenvalue weighted by atomic mass is 9.88. The monoisotopic (exact) mass is 406 g/mol. The van der Waals surface area contributed by atoms with E-state index in [4.69, 9.17) is 4.74 Å². The topological polar surface area (TPSA) is 75.7 Å². The summed E-state index contributed by atoms with van der Waals surface area (Å²) in [5.41, 5.74) is 0.905. The van der Waals surface area contributed by atoms with Gasteiger partial charge in [0.05, 0.1) is 17.0 Å². The van der Waals surface area contributed by atoms with E-state index >= 15 is 0 Å². The highest BCUT2D eigenvalue weighted by atomic mass is 32.1. The molecule has 28 heavy (non-hydrogen) atoms. The number of carbonyl (C=O) groups is 3. The number of rotatable bonds is 7. The Hall–Kier alpha value is -1.89. The van der Waals surface area contributed by atoms with Crippen molar-refractivity contribution in [1.82, 2.24) is 4.90 Å². The minimum absolute atomic E-state index is 0.0122. The first-order chi connectivity index (χ1) is 13.4. The van der Waals surface area contributed by atoms with Gasteiger partial charge in [-0.05, 0) is 64.4 Å². The molecule has 2 aliphatic carbocycles. The molecule has 2 aliphatic rings. The van der Waals surface area contributed by atoms with Crippen molar-refractivity contribution in [2.24, 2.45) is 17.8 Å². The van der Waals surface area contributed by atoms with Crippen molar-refractivity contribution < 1.29 is 19.1 Å². The smallest absolute Gasteiger partial charge is 0.341 e. The number of anilines is 1. The molecule has 3 atom stereocenters. The molecule has 1 aromatic rings. The summed E-state index contributed by atoms with van der Waals surface area (Å²) in [5.74, 6) is 0.500. The minimum Gasteiger partial charge on any atom is -0.462 e. The zero-order valence-electron chi connectivity index (χ0n) is 17.2. The summed E-state index contributed by atoms with van der Waals surface area (Å²) in [7, 11) is 0. The Balaban J connectivity index is 1.89. The Bertz CT molecular complexity index is 769. The van der Waals surface area contributed by atoms with Crippen LogP contribution in [0.4, 0.5) is 5.00 Å². The SMILES string of the molecule is CCOC(=O)c1c(NC(=O)[C@H]2C[C@H]3CC[C@@H]2C3)sc(C(=O)N(CC)CC)c1C. The van der Waals surface area contributed by atoms with Crippen LogP contribution >= 0.6 is 11.3 Å². The van der Waals surface area contributed by atoms with E-state index in [1.165, 1.54) is 17.8 Å². The highest BCUT2D eigenvalue weighted by Gasteiger charge is 2.43. The van der Waals surface area contributed by atoms with Crippen LogP contribution in [-0.2, 0) is 9.53 Å². The summed E-state index contributed by atoms with van der Waals surface area (Å²) in [5, 5.41) is 3.42. The zero-order chi connectivity index (χ0) is 20.4. The number of thiophene rings is 1. The zero-order valence-corrected chi connectivity index (χ0v) is 18.0. The predicted molar refractivity (Wildman–Crippen MR) is 110 cm³/mol. The van der Waals surface area contributed by atoms with Crippen molar-refractivity contribution in [3.63, 3.8) is 0 Å². The summed E-state index contributed by atoms with van der Waals surface area (Å²) in [6, 6.07) is 0. The molecule has 2 bridgehead atoms. The maximum atomic E-state index is 12.9. The normalized spacial score (nSPS) is 22.9. The summed E-state index contributed by atoms with van der Waals surface area (Å²) in [6.07, 6.45) is 4.41. The molecule has 0 spiro atoms. The summed E-state index contributed by atoms with van der Waals surface area (Å²) in [4.78, 5) is 40.6. The van der Waals surface area contributed by atoms with Crippen LogP contribution in [0.1, 0.15) is 72.0 Å². The average Bonchev–Trinajstić information content (AvgIpc) is 3.37. The Morgan fingerprint density at radius 1 is 1.14 bits per heavy atom. The van der Waals surface area contributed by atoms with Gasteiger partial charge in [0, 0.05) is 19.0 Å².